The number of unbranched alkanes of at least 4 members (excludes halogenated alkanes) is 9. The molecule has 4 saturated heterocycles. The molecule has 430 valence electrons. The van der Waals surface area contributed by atoms with Crippen LogP contribution in [0.5, 0.6) is 0 Å². The monoisotopic (exact) mass is 1110 g/mol. The summed E-state index contributed by atoms with van der Waals surface area (Å²) in [7, 11) is 3.44. The maximum Gasteiger partial charge on any atom is 0.246 e. The Morgan fingerprint density at radius 3 is 1.29 bits per heavy atom. The minimum atomic E-state index is -0.677. The van der Waals surface area contributed by atoms with Crippen molar-refractivity contribution in [2.45, 2.75) is 216 Å². The number of amides is 6. The molecule has 4 aliphatic heterocycles. The molecular weight excluding hydrogens is 1020 g/mol. The quantitative estimate of drug-likeness (QED) is 0.0567. The summed E-state index contributed by atoms with van der Waals surface area (Å²) in [4.78, 5) is 86.6. The van der Waals surface area contributed by atoms with E-state index in [1.54, 1.807) is 61.3 Å². The van der Waals surface area contributed by atoms with Crippen LogP contribution >= 0.6 is 23.5 Å². The van der Waals surface area contributed by atoms with Gasteiger partial charge in [0.25, 0.3) is 0 Å². The van der Waals surface area contributed by atoms with Crippen LogP contribution in [0, 0.1) is 10.8 Å². The lowest BCUT2D eigenvalue weighted by atomic mass is 9.83. The number of nitrogens with one attached hydrogen (secondary N) is 6. The van der Waals surface area contributed by atoms with Crippen LogP contribution < -0.4 is 31.9 Å². The second kappa shape index (κ2) is 27.0. The average Bonchev–Trinajstić information content (AvgIpc) is 4.16. The highest BCUT2D eigenvalue weighted by molar-refractivity contribution is 8.00. The van der Waals surface area contributed by atoms with Crippen LogP contribution in [0.25, 0.3) is 0 Å². The van der Waals surface area contributed by atoms with E-state index in [1.807, 2.05) is 24.3 Å². The number of carbonyl (C=O) groups excluding carboxylic acids is 6. The van der Waals surface area contributed by atoms with Crippen molar-refractivity contribution in [1.29, 1.82) is 0 Å². The van der Waals surface area contributed by atoms with Gasteiger partial charge in [-0.25, -0.2) is 0 Å². The molecule has 0 radical (unpaired) electrons. The summed E-state index contributed by atoms with van der Waals surface area (Å²) in [6.07, 6.45) is 14.7. The Hall–Kier alpha value is -4.20. The molecule has 0 saturated carbocycles. The Balaban J connectivity index is 0.732. The van der Waals surface area contributed by atoms with E-state index in [2.05, 4.69) is 83.9 Å². The van der Waals surface area contributed by atoms with Crippen LogP contribution in [0.2, 0.25) is 0 Å². The second-order valence-electron chi connectivity index (χ2n) is 24.2. The summed E-state index contributed by atoms with van der Waals surface area (Å²) >= 11 is 3.40. The number of hydrogen-bond donors (Lipinski definition) is 6. The third-order valence-electron chi connectivity index (χ3n) is 17.5. The maximum atomic E-state index is 14.5. The van der Waals surface area contributed by atoms with E-state index < -0.39 is 47.1 Å². The summed E-state index contributed by atoms with van der Waals surface area (Å²) in [5.41, 5.74) is 3.58. The average molecular weight is 1120 g/mol. The number of thioether (sulfide) groups is 2. The molecular formula is C60H90N8O8S2. The molecule has 78 heavy (non-hydrogen) atoms. The van der Waals surface area contributed by atoms with E-state index in [-0.39, 0.29) is 70.5 Å². The van der Waals surface area contributed by atoms with Crippen molar-refractivity contribution in [2.24, 2.45) is 10.8 Å². The van der Waals surface area contributed by atoms with Crippen molar-refractivity contribution >= 4 is 59.0 Å². The van der Waals surface area contributed by atoms with Crippen molar-refractivity contribution in [1.82, 2.24) is 41.7 Å². The largest absolute Gasteiger partial charge is 0.375 e. The summed E-state index contributed by atoms with van der Waals surface area (Å²) in [5, 5.41) is 18.3. The molecule has 16 nitrogen and oxygen atoms in total. The second-order valence-corrected chi connectivity index (χ2v) is 26.8. The summed E-state index contributed by atoms with van der Waals surface area (Å²) in [6, 6.07) is 12.3. The number of rotatable bonds is 25. The van der Waals surface area contributed by atoms with Crippen LogP contribution in [0.3, 0.4) is 0 Å². The molecule has 2 aliphatic carbocycles. The summed E-state index contributed by atoms with van der Waals surface area (Å²) < 4.78 is 13.2. The van der Waals surface area contributed by atoms with Crippen LogP contribution in [-0.4, -0.2) is 143 Å². The van der Waals surface area contributed by atoms with E-state index in [9.17, 15) is 28.8 Å². The number of ether oxygens (including phenoxy) is 2. The molecule has 4 heterocycles. The van der Waals surface area contributed by atoms with E-state index >= 15 is 0 Å². The van der Waals surface area contributed by atoms with Gasteiger partial charge in [0.1, 0.15) is 24.2 Å². The molecule has 2 aromatic rings. The molecule has 6 aliphatic rings. The number of fused-ring (bicyclic) bond motifs is 4. The minimum Gasteiger partial charge on any atom is -0.375 e. The molecule has 6 N–H and O–H groups in total. The van der Waals surface area contributed by atoms with Crippen molar-refractivity contribution in [2.75, 3.05) is 38.8 Å². The van der Waals surface area contributed by atoms with E-state index in [1.165, 1.54) is 36.8 Å². The minimum absolute atomic E-state index is 0.132. The lowest BCUT2D eigenvalue weighted by molar-refractivity contribution is -0.144. The number of carbonyl (C=O) groups is 6. The van der Waals surface area contributed by atoms with Crippen LogP contribution in [0.4, 0.5) is 0 Å². The van der Waals surface area contributed by atoms with Gasteiger partial charge in [-0.05, 0) is 111 Å². The number of likely N-dealkylation sites (N-methyl/N-ethyl adjacent to an activating group) is 2. The van der Waals surface area contributed by atoms with Gasteiger partial charge in [0.2, 0.25) is 35.4 Å². The summed E-state index contributed by atoms with van der Waals surface area (Å²) in [6.45, 7) is 13.1. The predicted octanol–water partition coefficient (Wildman–Crippen LogP) is 6.85. The van der Waals surface area contributed by atoms with E-state index in [0.29, 0.717) is 38.9 Å². The highest BCUT2D eigenvalue weighted by atomic mass is 32.2. The van der Waals surface area contributed by atoms with Gasteiger partial charge < -0.3 is 51.2 Å². The predicted molar refractivity (Wildman–Crippen MR) is 308 cm³/mol. The first-order valence-corrected chi connectivity index (χ1v) is 31.4. The third kappa shape index (κ3) is 13.9. The Morgan fingerprint density at radius 2 is 0.923 bits per heavy atom. The lowest BCUT2D eigenvalue weighted by Gasteiger charge is -2.35. The number of nitrogens with zero attached hydrogens (tertiary/aromatic N) is 2. The molecule has 2 aromatic carbocycles. The molecule has 0 aromatic heterocycles. The highest BCUT2D eigenvalue weighted by Gasteiger charge is 2.57. The third-order valence-corrected chi connectivity index (χ3v) is 20.0. The molecule has 12 atom stereocenters. The Kier molecular flexibility index (Phi) is 20.8. The van der Waals surface area contributed by atoms with Gasteiger partial charge in [-0.3, -0.25) is 28.8 Å². The molecule has 0 spiro atoms. The van der Waals surface area contributed by atoms with Gasteiger partial charge in [-0.2, -0.15) is 0 Å². The van der Waals surface area contributed by atoms with Gasteiger partial charge in [0.15, 0.2) is 0 Å². The highest BCUT2D eigenvalue weighted by Crippen LogP contribution is 2.49. The first kappa shape index (κ1) is 59.9. The number of hydrogen-bond acceptors (Lipinski definition) is 12. The first-order chi connectivity index (χ1) is 37.4. The standard InChI is InChI=1S/C60H90N8O8S2/c1-37(61-7)53(69)63-43-27-31-77-47-35-59(3,4)51(67(47)57(43)73)55(71)65-49-41-25-19-17-23-39(41)33-45(49)75-29-21-15-13-11-9-10-12-14-16-22-30-76-46-34-40-24-18-20-26-42(40)50(46)66-56(72)52-60(5,6)36-48-68(52)58(74)44(28-32-78-48)64-54(70)38(2)62-8/h17-20,23-26,37-38,43-52,61-62H,9-16,21-22,27-36H2,1-8H3,(H,63,69)(H,64,70)(H,65,71)(H,66,72)/t37-,38+,43-,44-,45+,46+,47?,48?,49-,50-,51+,52+/m0/s1. The fourth-order valence-corrected chi connectivity index (χ4v) is 16.0. The molecule has 0 bridgehead atoms. The molecule has 4 fully saturated rings. The number of benzene rings is 2. The zero-order valence-electron chi connectivity index (χ0n) is 47.7. The van der Waals surface area contributed by atoms with Crippen LogP contribution in [0.15, 0.2) is 48.5 Å². The van der Waals surface area contributed by atoms with Crippen LogP contribution in [-0.2, 0) is 51.1 Å². The van der Waals surface area contributed by atoms with Gasteiger partial charge in [0, 0.05) is 26.1 Å². The fraction of sp³-hybridized carbons (Fsp3) is 0.700. The van der Waals surface area contributed by atoms with E-state index in [4.69, 9.17) is 9.47 Å². The first-order valence-electron chi connectivity index (χ1n) is 29.3. The lowest BCUT2D eigenvalue weighted by Crippen LogP contribution is -2.58. The normalized spacial score (nSPS) is 28.6. The van der Waals surface area contributed by atoms with Crippen molar-refractivity contribution in [3.63, 3.8) is 0 Å². The smallest absolute Gasteiger partial charge is 0.246 e. The zero-order valence-corrected chi connectivity index (χ0v) is 49.3. The molecule has 2 unspecified atom stereocenters. The topological polar surface area (TPSA) is 200 Å². The van der Waals surface area contributed by atoms with Crippen molar-refractivity contribution in [3.8, 4) is 0 Å². The Bertz CT molecular complexity index is 2260. The summed E-state index contributed by atoms with van der Waals surface area (Å²) in [5.74, 6) is 0.286. The SMILES string of the molecule is CN[C@@H](C)C(=O)N[C@H]1CCSC2CC(C)(C)[C@@H](C(=O)N[C@H]3c4ccccc4C[C@H]3OCCCCCCCCCCCCO[C@@H]3Cc4ccccc4[C@@H]3NC(=O)[C@H]3N4C(=O)[C@@H](NC(=O)[C@@H](C)NC)CCSC4CC3(C)C)N2C1=O. The Labute approximate surface area is 472 Å². The van der Waals surface area contributed by atoms with E-state index in [0.717, 1.165) is 74.0 Å². The van der Waals surface area contributed by atoms with Crippen molar-refractivity contribution in [3.05, 3.63) is 70.8 Å². The molecule has 8 rings (SSSR count). The van der Waals surface area contributed by atoms with Gasteiger partial charge in [-0.1, -0.05) is 128 Å². The van der Waals surface area contributed by atoms with Gasteiger partial charge in [0.05, 0.1) is 47.1 Å². The maximum absolute atomic E-state index is 14.5. The Morgan fingerprint density at radius 1 is 0.564 bits per heavy atom. The zero-order chi connectivity index (χ0) is 55.7. The molecule has 18 heteroatoms. The molecule has 6 amide bonds. The fourth-order valence-electron chi connectivity index (χ4n) is 12.9. The van der Waals surface area contributed by atoms with Gasteiger partial charge >= 0.3 is 0 Å². The van der Waals surface area contributed by atoms with Crippen LogP contribution in [0.1, 0.15) is 166 Å². The van der Waals surface area contributed by atoms with Gasteiger partial charge in [-0.15, -0.1) is 23.5 Å². The van der Waals surface area contributed by atoms with Crippen molar-refractivity contribution < 1.29 is 38.2 Å².